The van der Waals surface area contributed by atoms with E-state index in [4.69, 9.17) is 35.9 Å². The second-order valence-corrected chi connectivity index (χ2v) is 9.37. The van der Waals surface area contributed by atoms with Crippen LogP contribution in [-0.4, -0.2) is 45.3 Å². The third-order valence-corrected chi connectivity index (χ3v) is 7.59. The first kappa shape index (κ1) is 21.4. The molecule has 2 spiro atoms. The predicted octanol–water partition coefficient (Wildman–Crippen LogP) is 2.94. The highest BCUT2D eigenvalue weighted by molar-refractivity contribution is 6.41. The third-order valence-electron chi connectivity index (χ3n) is 7.59. The van der Waals surface area contributed by atoms with Crippen molar-refractivity contribution >= 4 is 21.7 Å². The molecule has 2 heterocycles. The number of hydrogen-bond donors (Lipinski definition) is 1. The molecule has 4 atom stereocenters. The quantitative estimate of drug-likeness (QED) is 0.585. The Bertz CT molecular complexity index is 1130. The monoisotopic (exact) mass is 433 g/mol. The van der Waals surface area contributed by atoms with Crippen LogP contribution >= 0.6 is 0 Å². The lowest BCUT2D eigenvalue weighted by Gasteiger charge is -2.53. The van der Waals surface area contributed by atoms with Crippen LogP contribution in [0.15, 0.2) is 35.5 Å². The summed E-state index contributed by atoms with van der Waals surface area (Å²) in [6, 6.07) is 6.48. The Balaban J connectivity index is 1.71. The lowest BCUT2D eigenvalue weighted by Crippen LogP contribution is -2.60. The number of ether oxygens (including phenoxy) is 2. The zero-order valence-corrected chi connectivity index (χ0v) is 18.1. The molecule has 4 radical (unpaired) electrons. The minimum atomic E-state index is -1.70. The van der Waals surface area contributed by atoms with Gasteiger partial charge < -0.3 is 15.2 Å². The molecule has 32 heavy (non-hydrogen) atoms. The van der Waals surface area contributed by atoms with Gasteiger partial charge >= 0.3 is 0 Å². The number of hydrogen-bond acceptors (Lipinski definition) is 5. The van der Waals surface area contributed by atoms with Crippen LogP contribution in [0.4, 0.5) is 8.78 Å². The number of fused-ring (bicyclic) bond motifs is 3. The number of nitrogens with zero attached hydrogens (tertiary/aromatic N) is 2. The molecule has 9 heteroatoms. The lowest BCUT2D eigenvalue weighted by atomic mass is 9.44. The van der Waals surface area contributed by atoms with Gasteiger partial charge in [0, 0.05) is 18.1 Å². The summed E-state index contributed by atoms with van der Waals surface area (Å²) in [5.74, 6) is -1.16. The largest absolute Gasteiger partial charge is 0.476 e. The van der Waals surface area contributed by atoms with E-state index >= 15 is 0 Å². The van der Waals surface area contributed by atoms with E-state index in [-0.39, 0.29) is 23.6 Å². The van der Waals surface area contributed by atoms with Crippen LogP contribution in [0.3, 0.4) is 0 Å². The number of amidine groups is 1. The molecule has 1 fully saturated rings. The molecule has 1 saturated carbocycles. The number of aromatic nitrogens is 1. The van der Waals surface area contributed by atoms with E-state index in [2.05, 4.69) is 11.9 Å². The molecule has 5 rings (SSSR count). The molecule has 1 aliphatic heterocycles. The van der Waals surface area contributed by atoms with Crippen LogP contribution in [0, 0.1) is 23.1 Å². The third kappa shape index (κ3) is 2.79. The summed E-state index contributed by atoms with van der Waals surface area (Å²) in [5, 5.41) is -1.70. The Labute approximate surface area is 188 Å². The van der Waals surface area contributed by atoms with Gasteiger partial charge in [-0.05, 0) is 60.4 Å². The van der Waals surface area contributed by atoms with Gasteiger partial charge in [0.15, 0.2) is 0 Å². The molecule has 0 amide bonds. The van der Waals surface area contributed by atoms with Crippen LogP contribution in [0.2, 0.25) is 0 Å². The molecule has 1 aromatic carbocycles. The zero-order valence-electron chi connectivity index (χ0n) is 18.1. The molecule has 1 aromatic heterocycles. The number of nitrogens with two attached hydrogens (primary N) is 1. The molecule has 0 unspecified atom stereocenters. The number of benzene rings is 1. The van der Waals surface area contributed by atoms with Gasteiger partial charge in [-0.15, -0.1) is 0 Å². The first-order chi connectivity index (χ1) is 15.1. The van der Waals surface area contributed by atoms with Gasteiger partial charge in [-0.3, -0.25) is 0 Å². The van der Waals surface area contributed by atoms with Crippen molar-refractivity contribution in [2.45, 2.75) is 49.6 Å². The van der Waals surface area contributed by atoms with Gasteiger partial charge in [0.1, 0.15) is 27.0 Å². The maximum Gasteiger partial charge on any atom is 0.281 e. The summed E-state index contributed by atoms with van der Waals surface area (Å²) >= 11 is 0. The molecule has 162 valence electrons. The molecule has 2 N–H and O–H groups in total. The van der Waals surface area contributed by atoms with Crippen molar-refractivity contribution in [3.63, 3.8) is 0 Å². The van der Waals surface area contributed by atoms with Crippen molar-refractivity contribution < 1.29 is 18.3 Å². The summed E-state index contributed by atoms with van der Waals surface area (Å²) in [6.07, 6.45) is 3.96. The summed E-state index contributed by atoms with van der Waals surface area (Å²) in [4.78, 5) is 8.26. The summed E-state index contributed by atoms with van der Waals surface area (Å²) in [5.41, 5.74) is 6.63. The minimum Gasteiger partial charge on any atom is -0.476 e. The highest BCUT2D eigenvalue weighted by atomic mass is 19.1. The second kappa shape index (κ2) is 7.04. The second-order valence-electron chi connectivity index (χ2n) is 9.37. The Morgan fingerprint density at radius 1 is 1.25 bits per heavy atom. The van der Waals surface area contributed by atoms with Gasteiger partial charge in [0.25, 0.3) is 6.02 Å². The highest BCUT2D eigenvalue weighted by Gasteiger charge is 2.68. The van der Waals surface area contributed by atoms with E-state index in [0.717, 1.165) is 42.7 Å². The normalized spacial score (nSPS) is 32.7. The van der Waals surface area contributed by atoms with Crippen LogP contribution in [-0.2, 0) is 21.4 Å². The van der Waals surface area contributed by atoms with E-state index in [1.165, 1.54) is 0 Å². The van der Waals surface area contributed by atoms with Gasteiger partial charge in [0.2, 0.25) is 5.95 Å². The van der Waals surface area contributed by atoms with Crippen LogP contribution in [0.25, 0.3) is 11.1 Å². The summed E-state index contributed by atoms with van der Waals surface area (Å²) in [7, 11) is 14.9. The van der Waals surface area contributed by atoms with Crippen LogP contribution < -0.4 is 5.73 Å². The molecule has 2 aliphatic carbocycles. The SMILES string of the molecule is [B]C1([B])OC(N)=N[C@]12c1cc(-c3cc(F)cnc3F)ccc1C[C@@]21CC[C@H](OC)[C@@H](C)C1. The van der Waals surface area contributed by atoms with E-state index in [9.17, 15) is 8.78 Å². The maximum absolute atomic E-state index is 14.5. The van der Waals surface area contributed by atoms with Crippen molar-refractivity contribution in [2.24, 2.45) is 22.1 Å². The number of rotatable bonds is 2. The van der Waals surface area contributed by atoms with Crippen molar-refractivity contribution in [1.29, 1.82) is 0 Å². The molecule has 0 bridgehead atoms. The molecular formula is C23H23B2F2N3O2. The van der Waals surface area contributed by atoms with E-state index < -0.39 is 28.1 Å². The molecule has 0 saturated heterocycles. The Hall–Kier alpha value is -2.41. The van der Waals surface area contributed by atoms with Crippen molar-refractivity contribution in [1.82, 2.24) is 4.98 Å². The Kier molecular flexibility index (Phi) is 4.72. The fourth-order valence-corrected chi connectivity index (χ4v) is 6.36. The van der Waals surface area contributed by atoms with Crippen molar-refractivity contribution in [2.75, 3.05) is 7.11 Å². The van der Waals surface area contributed by atoms with E-state index in [0.29, 0.717) is 12.0 Å². The summed E-state index contributed by atoms with van der Waals surface area (Å²) in [6.45, 7) is 2.14. The van der Waals surface area contributed by atoms with Crippen LogP contribution in [0.1, 0.15) is 37.3 Å². The van der Waals surface area contributed by atoms with Crippen molar-refractivity contribution in [3.05, 3.63) is 53.4 Å². The average molecular weight is 433 g/mol. The molecular weight excluding hydrogens is 410 g/mol. The number of methoxy groups -OCH3 is 1. The van der Waals surface area contributed by atoms with Gasteiger partial charge in [-0.2, -0.15) is 4.39 Å². The lowest BCUT2D eigenvalue weighted by molar-refractivity contribution is -0.0559. The zero-order chi connectivity index (χ0) is 22.9. The maximum atomic E-state index is 14.5. The fourth-order valence-electron chi connectivity index (χ4n) is 6.36. The van der Waals surface area contributed by atoms with Gasteiger partial charge in [-0.1, -0.05) is 19.1 Å². The smallest absolute Gasteiger partial charge is 0.281 e. The molecule has 2 aromatic rings. The number of halogens is 2. The van der Waals surface area contributed by atoms with Gasteiger partial charge in [0.05, 0.1) is 17.7 Å². The first-order valence-corrected chi connectivity index (χ1v) is 10.7. The first-order valence-electron chi connectivity index (χ1n) is 10.7. The number of pyridine rings is 1. The van der Waals surface area contributed by atoms with Crippen molar-refractivity contribution in [3.8, 4) is 11.1 Å². The molecule has 5 nitrogen and oxygen atoms in total. The average Bonchev–Trinajstić information content (AvgIpc) is 3.14. The Morgan fingerprint density at radius 2 is 2.03 bits per heavy atom. The van der Waals surface area contributed by atoms with E-state index in [1.807, 2.05) is 6.07 Å². The predicted molar refractivity (Wildman–Crippen MR) is 118 cm³/mol. The number of aliphatic imine (C=N–C) groups is 1. The minimum absolute atomic E-state index is 0.0517. The van der Waals surface area contributed by atoms with Gasteiger partial charge in [-0.25, -0.2) is 14.4 Å². The van der Waals surface area contributed by atoms with E-state index in [1.54, 1.807) is 19.2 Å². The topological polar surface area (TPSA) is 69.7 Å². The fraction of sp³-hybridized carbons (Fsp3) is 0.478. The summed E-state index contributed by atoms with van der Waals surface area (Å²) < 4.78 is 39.6. The standard InChI is InChI=1S/C23H23B2F2N3O2/c1-12-9-21(6-5-18(12)31-2)10-14-4-3-13(16-8-15(26)11-29-19(16)27)7-17(14)22(21)23(24,25)32-20(28)30-22/h3-4,7-8,11-12,18H,5-6,9-10H2,1-2H3,(H2,28,30)/t12-,18-,21-,22-/m0/s1. The highest BCUT2D eigenvalue weighted by Crippen LogP contribution is 2.65. The van der Waals surface area contributed by atoms with Crippen LogP contribution in [0.5, 0.6) is 0 Å². The molecule has 3 aliphatic rings. The Morgan fingerprint density at radius 3 is 2.69 bits per heavy atom.